The van der Waals surface area contributed by atoms with Gasteiger partial charge < -0.3 is 9.80 Å². The molecule has 1 aromatic rings. The lowest BCUT2D eigenvalue weighted by Crippen LogP contribution is -2.35. The molecule has 0 unspecified atom stereocenters. The second kappa shape index (κ2) is 6.14. The van der Waals surface area contributed by atoms with Crippen molar-refractivity contribution in [1.82, 2.24) is 14.8 Å². The molecule has 1 fully saturated rings. The number of rotatable bonds is 4. The molecule has 1 saturated heterocycles. The molecular formula is C12H20ClN3S. The summed E-state index contributed by atoms with van der Waals surface area (Å²) in [6.07, 6.45) is 4.53. The van der Waals surface area contributed by atoms with Crippen molar-refractivity contribution in [3.63, 3.8) is 0 Å². The minimum absolute atomic E-state index is 0.646. The molecule has 0 atom stereocenters. The summed E-state index contributed by atoms with van der Waals surface area (Å²) in [6, 6.07) is 0. The highest BCUT2D eigenvalue weighted by molar-refractivity contribution is 7.15. The summed E-state index contributed by atoms with van der Waals surface area (Å²) in [4.78, 5) is 10.1. The first-order valence-corrected chi connectivity index (χ1v) is 7.30. The van der Waals surface area contributed by atoms with Gasteiger partial charge in [-0.3, -0.25) is 0 Å². The van der Waals surface area contributed by atoms with E-state index < -0.39 is 0 Å². The molecule has 0 aromatic carbocycles. The van der Waals surface area contributed by atoms with E-state index in [1.54, 1.807) is 11.3 Å². The van der Waals surface area contributed by atoms with E-state index in [0.29, 0.717) is 4.47 Å². The Morgan fingerprint density at radius 3 is 2.82 bits per heavy atom. The maximum Gasteiger partial charge on any atom is 0.183 e. The van der Waals surface area contributed by atoms with Gasteiger partial charge in [-0.2, -0.15) is 0 Å². The molecule has 2 rings (SSSR count). The molecule has 1 aromatic heterocycles. The summed E-state index contributed by atoms with van der Waals surface area (Å²) in [5, 5.41) is 0. The van der Waals surface area contributed by atoms with Crippen molar-refractivity contribution in [2.75, 3.05) is 33.7 Å². The van der Waals surface area contributed by atoms with Gasteiger partial charge in [0.05, 0.1) is 0 Å². The standard InChI is InChI=1S/C12H20ClN3S/c1-15-5-3-10(4-6-15)8-16(2)9-11-7-14-12(13)17-11/h7,10H,3-6,8-9H2,1-2H3. The average Bonchev–Trinajstić information content (AvgIpc) is 2.67. The van der Waals surface area contributed by atoms with Crippen LogP contribution in [0, 0.1) is 5.92 Å². The van der Waals surface area contributed by atoms with Crippen LogP contribution < -0.4 is 0 Å². The molecule has 2 heterocycles. The first-order valence-electron chi connectivity index (χ1n) is 6.11. The Hall–Kier alpha value is -0.160. The third-order valence-corrected chi connectivity index (χ3v) is 4.46. The summed E-state index contributed by atoms with van der Waals surface area (Å²) in [7, 11) is 4.39. The predicted octanol–water partition coefficient (Wildman–Crippen LogP) is 2.57. The van der Waals surface area contributed by atoms with Crippen LogP contribution in [0.25, 0.3) is 0 Å². The van der Waals surface area contributed by atoms with Crippen LogP contribution in [-0.2, 0) is 6.54 Å². The Labute approximate surface area is 112 Å². The lowest BCUT2D eigenvalue weighted by atomic mass is 9.97. The van der Waals surface area contributed by atoms with E-state index in [4.69, 9.17) is 11.6 Å². The molecule has 17 heavy (non-hydrogen) atoms. The van der Waals surface area contributed by atoms with Crippen molar-refractivity contribution in [2.24, 2.45) is 5.92 Å². The predicted molar refractivity (Wildman–Crippen MR) is 73.7 cm³/mol. The van der Waals surface area contributed by atoms with Crippen molar-refractivity contribution in [2.45, 2.75) is 19.4 Å². The third kappa shape index (κ3) is 4.21. The van der Waals surface area contributed by atoms with Crippen molar-refractivity contribution in [3.8, 4) is 0 Å². The number of thiazole rings is 1. The van der Waals surface area contributed by atoms with Gasteiger partial charge in [0.1, 0.15) is 0 Å². The van der Waals surface area contributed by atoms with Gasteiger partial charge >= 0.3 is 0 Å². The van der Waals surface area contributed by atoms with Gasteiger partial charge in [0.25, 0.3) is 0 Å². The Bertz CT molecular complexity index is 347. The Balaban J connectivity index is 1.75. The van der Waals surface area contributed by atoms with Gasteiger partial charge in [-0.1, -0.05) is 11.6 Å². The number of hydrogen-bond acceptors (Lipinski definition) is 4. The number of aromatic nitrogens is 1. The Kier molecular flexibility index (Phi) is 4.79. The highest BCUT2D eigenvalue weighted by Gasteiger charge is 2.18. The van der Waals surface area contributed by atoms with Crippen molar-refractivity contribution < 1.29 is 0 Å². The molecule has 0 N–H and O–H groups in total. The molecule has 5 heteroatoms. The summed E-state index contributed by atoms with van der Waals surface area (Å²) in [6.45, 7) is 4.63. The number of halogens is 1. The lowest BCUT2D eigenvalue weighted by molar-refractivity contribution is 0.174. The quantitative estimate of drug-likeness (QED) is 0.841. The molecule has 0 aliphatic carbocycles. The van der Waals surface area contributed by atoms with E-state index in [0.717, 1.165) is 12.5 Å². The fraction of sp³-hybridized carbons (Fsp3) is 0.750. The van der Waals surface area contributed by atoms with Crippen LogP contribution in [0.3, 0.4) is 0 Å². The van der Waals surface area contributed by atoms with Crippen LogP contribution in [0.4, 0.5) is 0 Å². The van der Waals surface area contributed by atoms with Crippen molar-refractivity contribution in [3.05, 3.63) is 15.5 Å². The van der Waals surface area contributed by atoms with Crippen LogP contribution in [0.2, 0.25) is 4.47 Å². The van der Waals surface area contributed by atoms with Gasteiger partial charge in [0.2, 0.25) is 0 Å². The van der Waals surface area contributed by atoms with Crippen molar-refractivity contribution >= 4 is 22.9 Å². The fourth-order valence-corrected chi connectivity index (χ4v) is 3.43. The van der Waals surface area contributed by atoms with Crippen molar-refractivity contribution in [1.29, 1.82) is 0 Å². The molecule has 1 aliphatic rings. The molecule has 3 nitrogen and oxygen atoms in total. The molecule has 96 valence electrons. The first-order chi connectivity index (χ1) is 8.13. The molecule has 0 amide bonds. The maximum atomic E-state index is 5.84. The zero-order valence-corrected chi connectivity index (χ0v) is 12.1. The van der Waals surface area contributed by atoms with E-state index in [9.17, 15) is 0 Å². The minimum Gasteiger partial charge on any atom is -0.306 e. The molecule has 0 saturated carbocycles. The number of likely N-dealkylation sites (tertiary alicyclic amines) is 1. The second-order valence-electron chi connectivity index (χ2n) is 5.02. The summed E-state index contributed by atoms with van der Waals surface area (Å²) in [5.74, 6) is 0.847. The van der Waals surface area contributed by atoms with Crippen LogP contribution in [-0.4, -0.2) is 48.5 Å². The van der Waals surface area contributed by atoms with Crippen LogP contribution >= 0.6 is 22.9 Å². The maximum absolute atomic E-state index is 5.84. The smallest absolute Gasteiger partial charge is 0.183 e. The topological polar surface area (TPSA) is 19.4 Å². The fourth-order valence-electron chi connectivity index (χ4n) is 2.37. The zero-order chi connectivity index (χ0) is 12.3. The van der Waals surface area contributed by atoms with Gasteiger partial charge in [-0.05, 0) is 45.9 Å². The number of piperidine rings is 1. The molecular weight excluding hydrogens is 254 g/mol. The Morgan fingerprint density at radius 1 is 1.53 bits per heavy atom. The molecule has 0 spiro atoms. The number of nitrogens with zero attached hydrogens (tertiary/aromatic N) is 3. The van der Waals surface area contributed by atoms with Gasteiger partial charge in [-0.25, -0.2) is 4.98 Å². The monoisotopic (exact) mass is 273 g/mol. The average molecular weight is 274 g/mol. The van der Waals surface area contributed by atoms with Crippen LogP contribution in [0.5, 0.6) is 0 Å². The van der Waals surface area contributed by atoms with Gasteiger partial charge in [0.15, 0.2) is 4.47 Å². The van der Waals surface area contributed by atoms with Gasteiger partial charge in [-0.15, -0.1) is 11.3 Å². The molecule has 1 aliphatic heterocycles. The van der Waals surface area contributed by atoms with E-state index in [1.165, 1.54) is 37.4 Å². The minimum atomic E-state index is 0.646. The SMILES string of the molecule is CN1CCC(CN(C)Cc2cnc(Cl)s2)CC1. The molecule has 0 bridgehead atoms. The summed E-state index contributed by atoms with van der Waals surface area (Å²) < 4.78 is 0.646. The molecule has 0 radical (unpaired) electrons. The Morgan fingerprint density at radius 2 is 2.24 bits per heavy atom. The van der Waals surface area contributed by atoms with E-state index in [2.05, 4.69) is 28.9 Å². The first kappa shape index (κ1) is 13.3. The van der Waals surface area contributed by atoms with Crippen LogP contribution in [0.15, 0.2) is 6.20 Å². The second-order valence-corrected chi connectivity index (χ2v) is 6.72. The van der Waals surface area contributed by atoms with Gasteiger partial charge in [0, 0.05) is 24.2 Å². The zero-order valence-electron chi connectivity index (χ0n) is 10.5. The lowest BCUT2D eigenvalue weighted by Gasteiger charge is -2.31. The van der Waals surface area contributed by atoms with E-state index in [-0.39, 0.29) is 0 Å². The third-order valence-electron chi connectivity index (χ3n) is 3.36. The highest BCUT2D eigenvalue weighted by atomic mass is 35.5. The van der Waals surface area contributed by atoms with Crippen LogP contribution in [0.1, 0.15) is 17.7 Å². The highest BCUT2D eigenvalue weighted by Crippen LogP contribution is 2.21. The largest absolute Gasteiger partial charge is 0.306 e. The normalized spacial score (nSPS) is 19.1. The van der Waals surface area contributed by atoms with E-state index >= 15 is 0 Å². The summed E-state index contributed by atoms with van der Waals surface area (Å²) >= 11 is 7.42. The summed E-state index contributed by atoms with van der Waals surface area (Å²) in [5.41, 5.74) is 0. The number of hydrogen-bond donors (Lipinski definition) is 0. The van der Waals surface area contributed by atoms with E-state index in [1.807, 2.05) is 6.20 Å².